The minimum atomic E-state index is -0.116. The molecule has 3 aromatic rings. The van der Waals surface area contributed by atoms with Gasteiger partial charge >= 0.3 is 0 Å². The molecule has 2 aliphatic rings. The summed E-state index contributed by atoms with van der Waals surface area (Å²) in [6.07, 6.45) is 0. The molecule has 4 heterocycles. The number of amides is 1. The highest BCUT2D eigenvalue weighted by atomic mass is 16.5. The molecule has 1 amide bonds. The molecular weight excluding hydrogens is 470 g/mol. The molecule has 11 heteroatoms. The first-order chi connectivity index (χ1) is 17.9. The van der Waals surface area contributed by atoms with E-state index in [1.807, 2.05) is 4.90 Å². The molecule has 37 heavy (non-hydrogen) atoms. The average molecular weight is 506 g/mol. The summed E-state index contributed by atoms with van der Waals surface area (Å²) in [5, 5.41) is 4.48. The van der Waals surface area contributed by atoms with Crippen molar-refractivity contribution in [1.82, 2.24) is 29.7 Å². The van der Waals surface area contributed by atoms with Crippen molar-refractivity contribution in [2.75, 3.05) is 75.0 Å². The van der Waals surface area contributed by atoms with Crippen molar-refractivity contribution in [2.24, 2.45) is 0 Å². The Bertz CT molecular complexity index is 1250. The van der Waals surface area contributed by atoms with Crippen molar-refractivity contribution in [1.29, 1.82) is 0 Å². The van der Waals surface area contributed by atoms with Crippen LogP contribution in [0.5, 0.6) is 0 Å². The summed E-state index contributed by atoms with van der Waals surface area (Å²) in [5.41, 5.74) is 9.05. The van der Waals surface area contributed by atoms with E-state index < -0.39 is 0 Å². The molecule has 11 nitrogen and oxygen atoms in total. The Morgan fingerprint density at radius 3 is 2.54 bits per heavy atom. The molecular formula is C26H35N9O2. The number of nitrogens with two attached hydrogens (primary N) is 1. The number of piperazine rings is 1. The Morgan fingerprint density at radius 2 is 1.81 bits per heavy atom. The fraction of sp³-hybridized carbons (Fsp3) is 0.500. The number of hydrogen-bond donors (Lipinski definition) is 2. The number of para-hydroxylation sites is 1. The number of anilines is 3. The predicted molar refractivity (Wildman–Crippen MR) is 144 cm³/mol. The van der Waals surface area contributed by atoms with Crippen LogP contribution in [0.1, 0.15) is 29.9 Å². The predicted octanol–water partition coefficient (Wildman–Crippen LogP) is 1.77. The van der Waals surface area contributed by atoms with E-state index in [9.17, 15) is 4.79 Å². The minimum absolute atomic E-state index is 0.116. The molecule has 0 spiro atoms. The maximum atomic E-state index is 12.7. The van der Waals surface area contributed by atoms with E-state index in [2.05, 4.69) is 68.2 Å². The number of nitrogens with zero attached hydrogens (tertiary/aromatic N) is 7. The first-order valence-corrected chi connectivity index (χ1v) is 12.8. The summed E-state index contributed by atoms with van der Waals surface area (Å²) in [6, 6.07) is 8.33. The van der Waals surface area contributed by atoms with Crippen molar-refractivity contribution >= 4 is 34.5 Å². The normalized spacial score (nSPS) is 17.7. The zero-order valence-electron chi connectivity index (χ0n) is 21.8. The van der Waals surface area contributed by atoms with Gasteiger partial charge in [-0.2, -0.15) is 15.0 Å². The average Bonchev–Trinajstić information content (AvgIpc) is 2.88. The molecule has 1 unspecified atom stereocenters. The van der Waals surface area contributed by atoms with Crippen LogP contribution in [0.4, 0.5) is 17.7 Å². The number of aromatic nitrogens is 4. The number of nitrogen functional groups attached to an aromatic ring is 1. The Balaban J connectivity index is 1.36. The van der Waals surface area contributed by atoms with Crippen molar-refractivity contribution in [3.05, 3.63) is 41.2 Å². The quantitative estimate of drug-likeness (QED) is 0.512. The maximum Gasteiger partial charge on any atom is 0.236 e. The summed E-state index contributed by atoms with van der Waals surface area (Å²) >= 11 is 0. The van der Waals surface area contributed by atoms with Gasteiger partial charge in [0, 0.05) is 50.2 Å². The SMILES string of the molecule is Cc1nc(N)nc(NC(C)c2cc3cccc(C)c3nc2N2CCN(CC(=O)N3CCOCC3)CC2)n1. The Kier molecular flexibility index (Phi) is 7.33. The second-order valence-electron chi connectivity index (χ2n) is 9.73. The highest BCUT2D eigenvalue weighted by Crippen LogP contribution is 2.32. The van der Waals surface area contributed by atoms with Crippen LogP contribution in [0.25, 0.3) is 10.9 Å². The Morgan fingerprint density at radius 1 is 1.05 bits per heavy atom. The van der Waals surface area contributed by atoms with Crippen molar-refractivity contribution < 1.29 is 9.53 Å². The molecule has 0 bridgehead atoms. The van der Waals surface area contributed by atoms with E-state index in [1.54, 1.807) is 6.92 Å². The summed E-state index contributed by atoms with van der Waals surface area (Å²) in [6.45, 7) is 12.2. The third-order valence-electron chi connectivity index (χ3n) is 7.03. The molecule has 2 aliphatic heterocycles. The third kappa shape index (κ3) is 5.72. The van der Waals surface area contributed by atoms with Gasteiger partial charge in [-0.1, -0.05) is 18.2 Å². The van der Waals surface area contributed by atoms with Gasteiger partial charge in [0.05, 0.1) is 31.3 Å². The first kappa shape index (κ1) is 25.1. The van der Waals surface area contributed by atoms with Gasteiger partial charge in [-0.25, -0.2) is 4.98 Å². The lowest BCUT2D eigenvalue weighted by atomic mass is 10.0. The smallest absolute Gasteiger partial charge is 0.236 e. The molecule has 2 saturated heterocycles. The lowest BCUT2D eigenvalue weighted by molar-refractivity contribution is -0.136. The standard InChI is InChI=1S/C26H35N9O2/c1-17-5-4-6-20-15-21(18(2)28-26-30-19(3)29-25(27)32-26)24(31-23(17)20)35-9-7-33(8-10-35)16-22(36)34-11-13-37-14-12-34/h4-6,15,18H,7-14,16H2,1-3H3,(H3,27,28,29,30,32). The number of benzene rings is 1. The van der Waals surface area contributed by atoms with Crippen LogP contribution in [0.2, 0.25) is 0 Å². The molecule has 0 radical (unpaired) electrons. The monoisotopic (exact) mass is 505 g/mol. The summed E-state index contributed by atoms with van der Waals surface area (Å²) in [5.74, 6) is 2.33. The van der Waals surface area contributed by atoms with E-state index in [-0.39, 0.29) is 17.9 Å². The van der Waals surface area contributed by atoms with Crippen LogP contribution >= 0.6 is 0 Å². The van der Waals surface area contributed by atoms with Crippen molar-refractivity contribution in [3.63, 3.8) is 0 Å². The van der Waals surface area contributed by atoms with Crippen LogP contribution in [-0.4, -0.2) is 94.7 Å². The summed E-state index contributed by atoms with van der Waals surface area (Å²) in [4.78, 5) is 37.1. The number of hydrogen-bond acceptors (Lipinski definition) is 10. The molecule has 0 saturated carbocycles. The highest BCUT2D eigenvalue weighted by Gasteiger charge is 2.26. The lowest BCUT2D eigenvalue weighted by Gasteiger charge is -2.37. The van der Waals surface area contributed by atoms with Crippen LogP contribution in [0, 0.1) is 13.8 Å². The minimum Gasteiger partial charge on any atom is -0.378 e. The topological polar surface area (TPSA) is 126 Å². The fourth-order valence-corrected chi connectivity index (χ4v) is 4.99. The third-order valence-corrected chi connectivity index (χ3v) is 7.03. The Hall–Kier alpha value is -3.57. The van der Waals surface area contributed by atoms with E-state index in [0.29, 0.717) is 44.6 Å². The van der Waals surface area contributed by atoms with Crippen LogP contribution in [0.15, 0.2) is 24.3 Å². The molecule has 196 valence electrons. The zero-order valence-corrected chi connectivity index (χ0v) is 21.8. The Labute approximate surface area is 217 Å². The van der Waals surface area contributed by atoms with Gasteiger partial charge in [0.25, 0.3) is 0 Å². The van der Waals surface area contributed by atoms with Crippen LogP contribution in [0.3, 0.4) is 0 Å². The largest absolute Gasteiger partial charge is 0.378 e. The summed E-state index contributed by atoms with van der Waals surface area (Å²) < 4.78 is 5.38. The van der Waals surface area contributed by atoms with E-state index >= 15 is 0 Å². The lowest BCUT2D eigenvalue weighted by Crippen LogP contribution is -2.52. The number of carbonyl (C=O) groups is 1. The second-order valence-corrected chi connectivity index (χ2v) is 9.73. The molecule has 0 aliphatic carbocycles. The first-order valence-electron chi connectivity index (χ1n) is 12.8. The van der Waals surface area contributed by atoms with Crippen molar-refractivity contribution in [3.8, 4) is 0 Å². The number of morpholine rings is 1. The van der Waals surface area contributed by atoms with E-state index in [4.69, 9.17) is 15.5 Å². The zero-order chi connectivity index (χ0) is 25.9. The van der Waals surface area contributed by atoms with Gasteiger partial charge in [-0.15, -0.1) is 0 Å². The number of nitrogens with one attached hydrogen (secondary N) is 1. The molecule has 3 N–H and O–H groups in total. The van der Waals surface area contributed by atoms with E-state index in [0.717, 1.165) is 54.0 Å². The van der Waals surface area contributed by atoms with Crippen LogP contribution in [-0.2, 0) is 9.53 Å². The number of pyridine rings is 1. The number of carbonyl (C=O) groups excluding carboxylic acids is 1. The molecule has 1 atom stereocenters. The van der Waals surface area contributed by atoms with Gasteiger partial charge < -0.3 is 25.6 Å². The highest BCUT2D eigenvalue weighted by molar-refractivity contribution is 5.85. The van der Waals surface area contributed by atoms with Gasteiger partial charge in [0.2, 0.25) is 17.8 Å². The second kappa shape index (κ2) is 10.8. The van der Waals surface area contributed by atoms with E-state index in [1.165, 1.54) is 0 Å². The number of fused-ring (bicyclic) bond motifs is 1. The van der Waals surface area contributed by atoms with Crippen molar-refractivity contribution in [2.45, 2.75) is 26.8 Å². The van der Waals surface area contributed by atoms with Gasteiger partial charge in [-0.3, -0.25) is 9.69 Å². The molecule has 2 fully saturated rings. The maximum absolute atomic E-state index is 12.7. The van der Waals surface area contributed by atoms with Gasteiger partial charge in [-0.05, 0) is 32.4 Å². The molecule has 5 rings (SSSR count). The number of rotatable bonds is 6. The fourth-order valence-electron chi connectivity index (χ4n) is 4.99. The summed E-state index contributed by atoms with van der Waals surface area (Å²) in [7, 11) is 0. The number of aryl methyl sites for hydroxylation is 2. The number of ether oxygens (including phenoxy) is 1. The van der Waals surface area contributed by atoms with Gasteiger partial charge in [0.15, 0.2) is 0 Å². The van der Waals surface area contributed by atoms with Crippen LogP contribution < -0.4 is 16.0 Å². The van der Waals surface area contributed by atoms with Gasteiger partial charge in [0.1, 0.15) is 11.6 Å². The molecule has 1 aromatic carbocycles. The molecule has 2 aromatic heterocycles.